The highest BCUT2D eigenvalue weighted by Gasteiger charge is 2.14. The molecule has 0 amide bonds. The first-order chi connectivity index (χ1) is 12.8. The summed E-state index contributed by atoms with van der Waals surface area (Å²) in [4.78, 5) is 4.99. The molecule has 3 aromatic rings. The van der Waals surface area contributed by atoms with Crippen molar-refractivity contribution in [2.45, 2.75) is 6.42 Å². The van der Waals surface area contributed by atoms with E-state index in [1.54, 1.807) is 6.08 Å². The zero-order valence-electron chi connectivity index (χ0n) is 14.6. The predicted octanol–water partition coefficient (Wildman–Crippen LogP) is 5.91. The second-order valence-corrected chi connectivity index (χ2v) is 6.20. The summed E-state index contributed by atoms with van der Waals surface area (Å²) >= 11 is 0. The van der Waals surface area contributed by atoms with Gasteiger partial charge in [0.15, 0.2) is 0 Å². The quantitative estimate of drug-likeness (QED) is 0.542. The fraction of sp³-hybridized carbons (Fsp3) is 0.0417. The Labute approximate surface area is 153 Å². The van der Waals surface area contributed by atoms with Gasteiger partial charge in [-0.2, -0.15) is 0 Å². The van der Waals surface area contributed by atoms with Crippen LogP contribution in [0.25, 0.3) is 28.2 Å². The van der Waals surface area contributed by atoms with Gasteiger partial charge in [-0.05, 0) is 41.2 Å². The maximum atomic E-state index is 4.99. The van der Waals surface area contributed by atoms with Gasteiger partial charge in [-0.3, -0.25) is 0 Å². The molecule has 0 saturated heterocycles. The highest BCUT2D eigenvalue weighted by atomic mass is 15.1. The lowest BCUT2D eigenvalue weighted by molar-refractivity contribution is 0.998. The van der Waals surface area contributed by atoms with Gasteiger partial charge in [-0.15, -0.1) is 0 Å². The third-order valence-electron chi connectivity index (χ3n) is 4.61. The normalized spacial score (nSPS) is 13.5. The summed E-state index contributed by atoms with van der Waals surface area (Å²) in [5.74, 6) is 0.933. The van der Waals surface area contributed by atoms with E-state index in [0.717, 1.165) is 34.3 Å². The molecule has 2 aromatic heterocycles. The van der Waals surface area contributed by atoms with E-state index in [1.807, 2.05) is 12.2 Å². The van der Waals surface area contributed by atoms with E-state index in [-0.39, 0.29) is 0 Å². The van der Waals surface area contributed by atoms with E-state index in [2.05, 4.69) is 84.6 Å². The van der Waals surface area contributed by atoms with Gasteiger partial charge < -0.3 is 4.57 Å². The van der Waals surface area contributed by atoms with Gasteiger partial charge in [0.1, 0.15) is 5.82 Å². The molecule has 0 radical (unpaired) electrons. The van der Waals surface area contributed by atoms with E-state index in [9.17, 15) is 0 Å². The van der Waals surface area contributed by atoms with E-state index < -0.39 is 0 Å². The second-order valence-electron chi connectivity index (χ2n) is 6.20. The Morgan fingerprint density at radius 2 is 2.00 bits per heavy atom. The Morgan fingerprint density at radius 3 is 2.85 bits per heavy atom. The average molecular weight is 336 g/mol. The van der Waals surface area contributed by atoms with Crippen molar-refractivity contribution >= 4 is 22.4 Å². The van der Waals surface area contributed by atoms with Crippen molar-refractivity contribution < 1.29 is 0 Å². The van der Waals surface area contributed by atoms with Gasteiger partial charge in [0.25, 0.3) is 0 Å². The molecule has 0 atom stereocenters. The Balaban J connectivity index is 2.01. The summed E-state index contributed by atoms with van der Waals surface area (Å²) in [7, 11) is 0. The predicted molar refractivity (Wildman–Crippen MR) is 111 cm³/mol. The van der Waals surface area contributed by atoms with Crippen molar-refractivity contribution in [1.29, 1.82) is 0 Å². The molecule has 26 heavy (non-hydrogen) atoms. The lowest BCUT2D eigenvalue weighted by atomic mass is 10.1. The van der Waals surface area contributed by atoms with Crippen LogP contribution < -0.4 is 0 Å². The molecule has 2 heteroatoms. The first-order valence-corrected chi connectivity index (χ1v) is 8.71. The summed E-state index contributed by atoms with van der Waals surface area (Å²) in [5.41, 5.74) is 4.34. The molecule has 0 bridgehead atoms. The van der Waals surface area contributed by atoms with Crippen LogP contribution in [0, 0.1) is 0 Å². The van der Waals surface area contributed by atoms with Gasteiger partial charge >= 0.3 is 0 Å². The Morgan fingerprint density at radius 1 is 1.12 bits per heavy atom. The maximum Gasteiger partial charge on any atom is 0.145 e. The molecule has 1 aliphatic rings. The number of fused-ring (bicyclic) bond motifs is 2. The smallest absolute Gasteiger partial charge is 0.145 e. The molecule has 0 N–H and O–H groups in total. The summed E-state index contributed by atoms with van der Waals surface area (Å²) in [6.07, 6.45) is 17.1. The number of pyridine rings is 1. The molecule has 1 aliphatic carbocycles. The van der Waals surface area contributed by atoms with Crippen LogP contribution in [-0.4, -0.2) is 9.55 Å². The lowest BCUT2D eigenvalue weighted by Crippen LogP contribution is -2.03. The van der Waals surface area contributed by atoms with Crippen LogP contribution in [0.4, 0.5) is 0 Å². The van der Waals surface area contributed by atoms with E-state index in [0.29, 0.717) is 0 Å². The van der Waals surface area contributed by atoms with Crippen LogP contribution in [0.15, 0.2) is 92.2 Å². The SMILES string of the molecule is C=C/C=C(\C=C)c1cc2ccccc2c(-n2ccc3c2C=CC=CC3)n1. The number of allylic oxidation sites excluding steroid dienone is 7. The Kier molecular flexibility index (Phi) is 4.24. The van der Waals surface area contributed by atoms with Crippen molar-refractivity contribution in [3.8, 4) is 5.82 Å². The molecule has 0 spiro atoms. The summed E-state index contributed by atoms with van der Waals surface area (Å²) < 4.78 is 2.18. The van der Waals surface area contributed by atoms with Crippen LogP contribution in [0.3, 0.4) is 0 Å². The highest BCUT2D eigenvalue weighted by Crippen LogP contribution is 2.28. The third-order valence-corrected chi connectivity index (χ3v) is 4.61. The largest absolute Gasteiger partial charge is 0.301 e. The number of hydrogen-bond acceptors (Lipinski definition) is 1. The first-order valence-electron chi connectivity index (χ1n) is 8.71. The van der Waals surface area contributed by atoms with Crippen LogP contribution in [0.2, 0.25) is 0 Å². The van der Waals surface area contributed by atoms with Crippen LogP contribution in [-0.2, 0) is 6.42 Å². The monoisotopic (exact) mass is 336 g/mol. The van der Waals surface area contributed by atoms with E-state index in [1.165, 1.54) is 11.3 Å². The van der Waals surface area contributed by atoms with E-state index in [4.69, 9.17) is 4.98 Å². The van der Waals surface area contributed by atoms with Gasteiger partial charge in [0, 0.05) is 11.6 Å². The second kappa shape index (κ2) is 6.85. The Hall–Kier alpha value is -3.39. The molecule has 0 fully saturated rings. The van der Waals surface area contributed by atoms with Crippen LogP contribution >= 0.6 is 0 Å². The van der Waals surface area contributed by atoms with Crippen molar-refractivity contribution in [2.75, 3.05) is 0 Å². The lowest BCUT2D eigenvalue weighted by Gasteiger charge is -2.13. The minimum atomic E-state index is 0.895. The third kappa shape index (κ3) is 2.76. The standard InChI is InChI=1S/C24H20N2/c1-3-10-18(4-2)22-17-20-12-8-9-13-21(20)24(25-22)26-16-15-19-11-6-5-7-14-23(19)26/h3-10,12-17H,1-2,11H2/b18-10+. The van der Waals surface area contributed by atoms with E-state index >= 15 is 0 Å². The summed E-state index contributed by atoms with van der Waals surface area (Å²) in [6.45, 7) is 7.73. The molecule has 2 nitrogen and oxygen atoms in total. The van der Waals surface area contributed by atoms with Crippen molar-refractivity contribution in [3.63, 3.8) is 0 Å². The zero-order chi connectivity index (χ0) is 17.9. The first kappa shape index (κ1) is 16.1. The highest BCUT2D eigenvalue weighted by molar-refractivity contribution is 5.92. The molecule has 0 aliphatic heterocycles. The molecule has 2 heterocycles. The average Bonchev–Trinajstić information content (AvgIpc) is 2.93. The van der Waals surface area contributed by atoms with Gasteiger partial charge in [-0.25, -0.2) is 4.98 Å². The van der Waals surface area contributed by atoms with Crippen LogP contribution in [0.5, 0.6) is 0 Å². The summed E-state index contributed by atoms with van der Waals surface area (Å²) in [6, 6.07) is 12.6. The topological polar surface area (TPSA) is 17.8 Å². The molecule has 126 valence electrons. The van der Waals surface area contributed by atoms with Crippen molar-refractivity contribution in [1.82, 2.24) is 9.55 Å². The molecule has 4 rings (SSSR count). The number of benzene rings is 1. The number of hydrogen-bond donors (Lipinski definition) is 0. The summed E-state index contributed by atoms with van der Waals surface area (Å²) in [5, 5.41) is 2.28. The van der Waals surface area contributed by atoms with Crippen LogP contribution in [0.1, 0.15) is 17.0 Å². The molecule has 0 saturated carbocycles. The molecular formula is C24H20N2. The van der Waals surface area contributed by atoms with Gasteiger partial charge in [0.2, 0.25) is 0 Å². The molecule has 0 unspecified atom stereocenters. The molecule has 1 aromatic carbocycles. The maximum absolute atomic E-state index is 4.99. The number of aromatic nitrogens is 2. The van der Waals surface area contributed by atoms with Crippen molar-refractivity contribution in [2.24, 2.45) is 0 Å². The minimum absolute atomic E-state index is 0.895. The number of nitrogens with zero attached hydrogens (tertiary/aromatic N) is 2. The Bertz CT molecular complexity index is 1090. The molecular weight excluding hydrogens is 316 g/mol. The van der Waals surface area contributed by atoms with Gasteiger partial charge in [0.05, 0.1) is 11.4 Å². The minimum Gasteiger partial charge on any atom is -0.301 e. The van der Waals surface area contributed by atoms with Gasteiger partial charge in [-0.1, -0.05) is 73.9 Å². The zero-order valence-corrected chi connectivity index (χ0v) is 14.6. The fourth-order valence-electron chi connectivity index (χ4n) is 3.35. The fourth-order valence-corrected chi connectivity index (χ4v) is 3.35. The van der Waals surface area contributed by atoms with Crippen molar-refractivity contribution in [3.05, 3.63) is 109 Å². The number of rotatable bonds is 4.